The molecule has 4 N–H and O–H groups in total. The number of amides is 3. The Morgan fingerprint density at radius 3 is 1.49 bits per heavy atom. The third-order valence-electron chi connectivity index (χ3n) is 7.34. The number of nitrogens with one attached hydrogen (secondary N) is 4. The number of likely N-dealkylation sites (N-methyl/N-ethyl adjacent to an activating group) is 1. The van der Waals surface area contributed by atoms with Crippen molar-refractivity contribution in [3.8, 4) is 0 Å². The largest absolute Gasteiger partial charge is 0.444 e. The van der Waals surface area contributed by atoms with Gasteiger partial charge in [-0.1, -0.05) is 61.7 Å². The van der Waals surface area contributed by atoms with Gasteiger partial charge in [-0.15, -0.1) is 11.3 Å². The zero-order valence-corrected chi connectivity index (χ0v) is 34.6. The molecule has 0 fully saturated rings. The van der Waals surface area contributed by atoms with Crippen LogP contribution in [0.1, 0.15) is 87.4 Å². The molecule has 0 saturated heterocycles. The zero-order valence-electron chi connectivity index (χ0n) is 33.8. The molecule has 1 heterocycles. The lowest BCUT2D eigenvalue weighted by Gasteiger charge is -2.25. The Morgan fingerprint density at radius 1 is 0.727 bits per heavy atom. The van der Waals surface area contributed by atoms with Crippen LogP contribution in [0.4, 0.5) is 9.59 Å². The summed E-state index contributed by atoms with van der Waals surface area (Å²) in [6.45, 7) is 23.4. The molecule has 13 nitrogen and oxygen atoms in total. The van der Waals surface area contributed by atoms with Gasteiger partial charge in [0.2, 0.25) is 5.78 Å². The lowest BCUT2D eigenvalue weighted by molar-refractivity contribution is -0.171. The summed E-state index contributed by atoms with van der Waals surface area (Å²) >= 11 is 1.25. The first-order valence-corrected chi connectivity index (χ1v) is 18.7. The van der Waals surface area contributed by atoms with Crippen LogP contribution in [0.15, 0.2) is 84.7 Å². The minimum absolute atomic E-state index is 0.228. The van der Waals surface area contributed by atoms with Gasteiger partial charge in [0.15, 0.2) is 5.01 Å². The highest BCUT2D eigenvalue weighted by molar-refractivity contribution is 7.11. The second kappa shape index (κ2) is 21.6. The molecule has 1 aromatic heterocycles. The molecule has 0 radical (unpaired) electrons. The molecule has 0 aliphatic heterocycles. The second-order valence-corrected chi connectivity index (χ2v) is 15.8. The van der Waals surface area contributed by atoms with E-state index < -0.39 is 35.5 Å². The van der Waals surface area contributed by atoms with E-state index in [0.717, 1.165) is 38.7 Å². The van der Waals surface area contributed by atoms with Crippen LogP contribution < -0.4 is 21.3 Å². The first kappa shape index (κ1) is 45.9. The van der Waals surface area contributed by atoms with Crippen LogP contribution in [-0.4, -0.2) is 71.4 Å². The monoisotopic (exact) mass is 778 g/mol. The van der Waals surface area contributed by atoms with Gasteiger partial charge in [-0.3, -0.25) is 14.4 Å². The number of ketones is 1. The fourth-order valence-corrected chi connectivity index (χ4v) is 5.31. The Bertz CT molecular complexity index is 1710. The van der Waals surface area contributed by atoms with E-state index in [1.807, 2.05) is 62.4 Å². The van der Waals surface area contributed by atoms with Gasteiger partial charge in [-0.25, -0.2) is 19.6 Å². The maximum absolute atomic E-state index is 12.8. The third-order valence-corrected chi connectivity index (χ3v) is 8.13. The molecule has 2 atom stereocenters. The molecule has 3 rings (SSSR count). The number of ether oxygens (including phenoxy) is 2. The molecule has 3 aromatic rings. The maximum Gasteiger partial charge on any atom is 0.408 e. The Labute approximate surface area is 329 Å². The molecule has 3 amide bonds. The predicted octanol–water partition coefficient (Wildman–Crippen LogP) is 6.85. The van der Waals surface area contributed by atoms with Crippen LogP contribution in [0.2, 0.25) is 0 Å². The molecule has 0 unspecified atom stereocenters. The number of carbonyl (C=O) groups is 4. The van der Waals surface area contributed by atoms with Crippen LogP contribution >= 0.6 is 11.3 Å². The van der Waals surface area contributed by atoms with Crippen molar-refractivity contribution < 1.29 is 33.5 Å². The van der Waals surface area contributed by atoms with Crippen molar-refractivity contribution in [3.63, 3.8) is 0 Å². The summed E-state index contributed by atoms with van der Waals surface area (Å²) in [4.78, 5) is 58.7. The second-order valence-electron chi connectivity index (χ2n) is 14.9. The van der Waals surface area contributed by atoms with Crippen LogP contribution in [0.3, 0.4) is 0 Å². The molecule has 300 valence electrons. The van der Waals surface area contributed by atoms with Gasteiger partial charge in [-0.05, 0) is 77.6 Å². The molecule has 0 bridgehead atoms. The van der Waals surface area contributed by atoms with E-state index in [1.165, 1.54) is 25.5 Å². The summed E-state index contributed by atoms with van der Waals surface area (Å²) in [7, 11) is 2.89. The molecule has 0 aliphatic rings. The number of benzene rings is 2. The van der Waals surface area contributed by atoms with Gasteiger partial charge >= 0.3 is 12.2 Å². The molecule has 0 saturated carbocycles. The molecular weight excluding hydrogens is 721 g/mol. The number of nitrogens with zero attached hydrogens (tertiary/aromatic N) is 2. The van der Waals surface area contributed by atoms with Gasteiger partial charge < -0.3 is 30.7 Å². The number of aromatic nitrogens is 1. The molecular formula is C41H58N6O7S. The number of hydrogen-bond donors (Lipinski definition) is 4. The Hall–Kier alpha value is -5.21. The quantitative estimate of drug-likeness (QED) is 0.0895. The Kier molecular flexibility index (Phi) is 18.1. The zero-order chi connectivity index (χ0) is 41.3. The summed E-state index contributed by atoms with van der Waals surface area (Å²) in [5.41, 5.74) is 4.56. The standard InChI is InChI=1S/C21H27N3O3S.C20H31N3O4/c1-14(2)23-13-16-8-6-15(7-9-16)12-17(18(25)19-22-10-11-28-19)24-20(26)27-21(3,4)5;1-14(2)21-13-16-10-8-15(9-11-16)12-17(18(24)23(6)26-7)22-19(25)27-20(3,4)5/h6-11,17,23H,1,12-13H2,2-5H3,(H,24,26);8-11,17,21H,1,12-13H2,2-7H3,(H,22,25)/t2*17-/m00/s1. The molecule has 14 heteroatoms. The Balaban J connectivity index is 0.000000380. The highest BCUT2D eigenvalue weighted by atomic mass is 32.1. The number of allylic oxidation sites excluding steroid dienone is 2. The van der Waals surface area contributed by atoms with Gasteiger partial charge in [0.1, 0.15) is 23.3 Å². The number of Topliss-reactive ketones (excluding diaryl/α,β-unsaturated/α-hetero) is 1. The number of alkyl carbamates (subject to hydrolysis) is 2. The van der Waals surface area contributed by atoms with E-state index in [4.69, 9.17) is 14.3 Å². The SMILES string of the molecule is C=C(C)NCc1ccc(C[C@H](NC(=O)OC(C)(C)C)C(=O)N(C)OC)cc1.C=C(C)NCc1ccc(C[C@H](NC(=O)OC(C)(C)C)C(=O)c2nccs2)cc1. The van der Waals surface area contributed by atoms with E-state index in [-0.39, 0.29) is 11.7 Å². The van der Waals surface area contributed by atoms with Crippen molar-refractivity contribution in [1.82, 2.24) is 31.3 Å². The molecule has 0 spiro atoms. The first-order chi connectivity index (χ1) is 25.6. The number of carbonyl (C=O) groups excluding carboxylic acids is 4. The van der Waals surface area contributed by atoms with Crippen molar-refractivity contribution in [3.05, 3.63) is 112 Å². The Morgan fingerprint density at radius 2 is 1.13 bits per heavy atom. The number of hydrogen-bond acceptors (Lipinski definition) is 11. The summed E-state index contributed by atoms with van der Waals surface area (Å²) in [6, 6.07) is 14.1. The minimum Gasteiger partial charge on any atom is -0.444 e. The van der Waals surface area contributed by atoms with E-state index in [0.29, 0.717) is 30.9 Å². The van der Waals surface area contributed by atoms with Crippen molar-refractivity contribution in [2.24, 2.45) is 0 Å². The van der Waals surface area contributed by atoms with Gasteiger partial charge in [-0.2, -0.15) is 0 Å². The fourth-order valence-electron chi connectivity index (χ4n) is 4.68. The third kappa shape index (κ3) is 18.6. The van der Waals surface area contributed by atoms with Crippen molar-refractivity contribution in [2.75, 3.05) is 14.2 Å². The lowest BCUT2D eigenvalue weighted by Crippen LogP contribution is -2.49. The minimum atomic E-state index is -0.802. The smallest absolute Gasteiger partial charge is 0.408 e. The summed E-state index contributed by atoms with van der Waals surface area (Å²) < 4.78 is 10.6. The van der Waals surface area contributed by atoms with Gasteiger partial charge in [0, 0.05) is 55.9 Å². The van der Waals surface area contributed by atoms with Gasteiger partial charge in [0.05, 0.1) is 7.11 Å². The number of rotatable bonds is 16. The van der Waals surface area contributed by atoms with Crippen molar-refractivity contribution >= 4 is 35.2 Å². The first-order valence-electron chi connectivity index (χ1n) is 17.8. The summed E-state index contributed by atoms with van der Waals surface area (Å²) in [5.74, 6) is -0.592. The van der Waals surface area contributed by atoms with E-state index in [9.17, 15) is 19.2 Å². The fraction of sp³-hybridized carbons (Fsp3) is 0.439. The average Bonchev–Trinajstić information content (AvgIpc) is 3.63. The molecule has 55 heavy (non-hydrogen) atoms. The maximum atomic E-state index is 12.8. The summed E-state index contributed by atoms with van der Waals surface area (Å²) in [5, 5.41) is 14.9. The molecule has 2 aromatic carbocycles. The predicted molar refractivity (Wildman–Crippen MR) is 216 cm³/mol. The van der Waals surface area contributed by atoms with Crippen molar-refractivity contribution in [1.29, 1.82) is 0 Å². The topological polar surface area (TPSA) is 160 Å². The average molecular weight is 779 g/mol. The van der Waals surface area contributed by atoms with E-state index in [2.05, 4.69) is 39.4 Å². The number of hydroxylamine groups is 2. The normalized spacial score (nSPS) is 12.1. The highest BCUT2D eigenvalue weighted by Gasteiger charge is 2.28. The lowest BCUT2D eigenvalue weighted by atomic mass is 10.0. The number of thiazole rings is 1. The van der Waals surface area contributed by atoms with Gasteiger partial charge in [0.25, 0.3) is 5.91 Å². The van der Waals surface area contributed by atoms with E-state index in [1.54, 1.807) is 53.1 Å². The van der Waals surface area contributed by atoms with Crippen LogP contribution in [0.25, 0.3) is 0 Å². The summed E-state index contributed by atoms with van der Waals surface area (Å²) in [6.07, 6.45) is 0.981. The molecule has 0 aliphatic carbocycles. The van der Waals surface area contributed by atoms with Crippen molar-refractivity contribution in [2.45, 2.75) is 105 Å². The van der Waals surface area contributed by atoms with Crippen LogP contribution in [-0.2, 0) is 45.0 Å². The van der Waals surface area contributed by atoms with Crippen LogP contribution in [0.5, 0.6) is 0 Å². The van der Waals surface area contributed by atoms with Crippen LogP contribution in [0, 0.1) is 0 Å². The highest BCUT2D eigenvalue weighted by Crippen LogP contribution is 2.15. The van der Waals surface area contributed by atoms with E-state index >= 15 is 0 Å².